The van der Waals surface area contributed by atoms with E-state index in [1.807, 2.05) is 6.92 Å². The van der Waals surface area contributed by atoms with Gasteiger partial charge in [-0.1, -0.05) is 6.92 Å². The molecular formula is C12H17N3O5. The molecule has 0 bridgehead atoms. The smallest absolute Gasteiger partial charge is 0.328 e. The lowest BCUT2D eigenvalue weighted by molar-refractivity contribution is -0.140. The van der Waals surface area contributed by atoms with Gasteiger partial charge in [-0.2, -0.15) is 5.10 Å². The number of amides is 1. The number of carboxylic acids is 1. The molecule has 110 valence electrons. The first-order chi connectivity index (χ1) is 9.49. The summed E-state index contributed by atoms with van der Waals surface area (Å²) in [6, 6.07) is 1.32. The van der Waals surface area contributed by atoms with Crippen LogP contribution >= 0.6 is 0 Å². The second kappa shape index (κ2) is 7.39. The van der Waals surface area contributed by atoms with Gasteiger partial charge in [-0.05, 0) is 12.5 Å². The Morgan fingerprint density at radius 3 is 2.75 bits per heavy atom. The molecule has 1 aromatic rings. The van der Waals surface area contributed by atoms with Crippen LogP contribution in [0.15, 0.2) is 16.9 Å². The molecule has 1 unspecified atom stereocenters. The second-order valence-electron chi connectivity index (χ2n) is 4.10. The lowest BCUT2D eigenvalue weighted by Crippen LogP contribution is -2.44. The number of carbonyl (C=O) groups is 2. The number of nitrogens with one attached hydrogen (secondary N) is 1. The Balaban J connectivity index is 2.88. The molecule has 0 aliphatic heterocycles. The van der Waals surface area contributed by atoms with E-state index in [1.54, 1.807) is 0 Å². The van der Waals surface area contributed by atoms with E-state index in [0.29, 0.717) is 13.0 Å². The SMILES string of the molecule is CCCn1nc(C(=O)NC(COC)C(=O)O)ccc1=O. The van der Waals surface area contributed by atoms with Gasteiger partial charge in [-0.25, -0.2) is 9.48 Å². The normalized spacial score (nSPS) is 11.9. The van der Waals surface area contributed by atoms with Gasteiger partial charge in [0.2, 0.25) is 0 Å². The summed E-state index contributed by atoms with van der Waals surface area (Å²) in [6.45, 7) is 2.11. The van der Waals surface area contributed by atoms with Crippen molar-refractivity contribution in [1.29, 1.82) is 0 Å². The highest BCUT2D eigenvalue weighted by Gasteiger charge is 2.21. The van der Waals surface area contributed by atoms with E-state index in [9.17, 15) is 14.4 Å². The van der Waals surface area contributed by atoms with E-state index >= 15 is 0 Å². The molecule has 0 aliphatic carbocycles. The predicted molar refractivity (Wildman–Crippen MR) is 69.6 cm³/mol. The van der Waals surface area contributed by atoms with Crippen molar-refractivity contribution in [3.05, 3.63) is 28.2 Å². The Hall–Kier alpha value is -2.22. The molecule has 1 atom stereocenters. The number of aromatic nitrogens is 2. The number of nitrogens with zero attached hydrogens (tertiary/aromatic N) is 2. The molecule has 8 nitrogen and oxygen atoms in total. The third-order valence-electron chi connectivity index (χ3n) is 2.47. The number of aryl methyl sites for hydroxylation is 1. The van der Waals surface area contributed by atoms with E-state index in [2.05, 4.69) is 10.4 Å². The first-order valence-corrected chi connectivity index (χ1v) is 6.10. The van der Waals surface area contributed by atoms with E-state index in [1.165, 1.54) is 23.9 Å². The lowest BCUT2D eigenvalue weighted by atomic mass is 10.3. The topological polar surface area (TPSA) is 111 Å². The Morgan fingerprint density at radius 2 is 2.20 bits per heavy atom. The molecule has 0 saturated heterocycles. The van der Waals surface area contributed by atoms with E-state index in [0.717, 1.165) is 0 Å². The lowest BCUT2D eigenvalue weighted by Gasteiger charge is -2.13. The van der Waals surface area contributed by atoms with Crippen LogP contribution in [0, 0.1) is 0 Å². The van der Waals surface area contributed by atoms with Crippen LogP contribution < -0.4 is 10.9 Å². The number of rotatable bonds is 7. The Labute approximate surface area is 115 Å². The maximum absolute atomic E-state index is 11.9. The van der Waals surface area contributed by atoms with Crippen molar-refractivity contribution in [1.82, 2.24) is 15.1 Å². The average molecular weight is 283 g/mol. The van der Waals surface area contributed by atoms with Gasteiger partial charge in [0.25, 0.3) is 11.5 Å². The summed E-state index contributed by atoms with van der Waals surface area (Å²) in [7, 11) is 1.34. The molecule has 1 amide bonds. The number of carbonyl (C=O) groups excluding carboxylic acids is 1. The summed E-state index contributed by atoms with van der Waals surface area (Å²) < 4.78 is 5.88. The predicted octanol–water partition coefficient (Wildman–Crippen LogP) is -0.517. The zero-order chi connectivity index (χ0) is 15.1. The second-order valence-corrected chi connectivity index (χ2v) is 4.10. The largest absolute Gasteiger partial charge is 0.480 e. The first kappa shape index (κ1) is 15.8. The van der Waals surface area contributed by atoms with Crippen molar-refractivity contribution in [2.45, 2.75) is 25.9 Å². The Bertz CT molecular complexity index is 540. The summed E-state index contributed by atoms with van der Waals surface area (Å²) in [5.74, 6) is -1.87. The summed E-state index contributed by atoms with van der Waals surface area (Å²) >= 11 is 0. The van der Waals surface area contributed by atoms with Gasteiger partial charge >= 0.3 is 5.97 Å². The first-order valence-electron chi connectivity index (χ1n) is 6.10. The summed E-state index contributed by atoms with van der Waals surface area (Å²) in [5, 5.41) is 15.1. The minimum Gasteiger partial charge on any atom is -0.480 e. The van der Waals surface area contributed by atoms with Gasteiger partial charge in [0.1, 0.15) is 5.69 Å². The van der Waals surface area contributed by atoms with E-state index in [-0.39, 0.29) is 17.9 Å². The van der Waals surface area contributed by atoms with Crippen molar-refractivity contribution in [2.24, 2.45) is 0 Å². The molecule has 8 heteroatoms. The Kier molecular flexibility index (Phi) is 5.85. The van der Waals surface area contributed by atoms with Gasteiger partial charge < -0.3 is 15.2 Å². The van der Waals surface area contributed by atoms with E-state index < -0.39 is 17.9 Å². The summed E-state index contributed by atoms with van der Waals surface area (Å²) in [5.41, 5.74) is -0.324. The highest BCUT2D eigenvalue weighted by molar-refractivity contribution is 5.94. The minimum absolute atomic E-state index is 0.0135. The average Bonchev–Trinajstić information content (AvgIpc) is 2.40. The monoisotopic (exact) mass is 283 g/mol. The zero-order valence-corrected chi connectivity index (χ0v) is 11.3. The number of hydrogen-bond donors (Lipinski definition) is 2. The van der Waals surface area contributed by atoms with Crippen LogP contribution in [-0.2, 0) is 16.1 Å². The van der Waals surface area contributed by atoms with Crippen LogP contribution in [-0.4, -0.2) is 46.5 Å². The molecule has 0 aromatic carbocycles. The molecule has 1 aromatic heterocycles. The van der Waals surface area contributed by atoms with Crippen LogP contribution in [0.25, 0.3) is 0 Å². The fourth-order valence-electron chi connectivity index (χ4n) is 1.52. The number of aliphatic carboxylic acids is 1. The highest BCUT2D eigenvalue weighted by Crippen LogP contribution is 1.95. The molecule has 0 spiro atoms. The summed E-state index contributed by atoms with van der Waals surface area (Å²) in [6.07, 6.45) is 0.694. The van der Waals surface area contributed by atoms with Crippen molar-refractivity contribution >= 4 is 11.9 Å². The van der Waals surface area contributed by atoms with Gasteiger partial charge in [-0.3, -0.25) is 9.59 Å². The quantitative estimate of drug-likeness (QED) is 0.697. The van der Waals surface area contributed by atoms with Crippen LogP contribution in [0.5, 0.6) is 0 Å². The fraction of sp³-hybridized carbons (Fsp3) is 0.500. The third kappa shape index (κ3) is 4.16. The van der Waals surface area contributed by atoms with Gasteiger partial charge in [0.05, 0.1) is 6.61 Å². The maximum atomic E-state index is 11.9. The number of methoxy groups -OCH3 is 1. The minimum atomic E-state index is -1.21. The number of carboxylic acid groups (broad SMARTS) is 1. The van der Waals surface area contributed by atoms with Gasteiger partial charge in [0.15, 0.2) is 6.04 Å². The molecule has 0 radical (unpaired) electrons. The molecular weight excluding hydrogens is 266 g/mol. The molecule has 0 aliphatic rings. The molecule has 1 rings (SSSR count). The van der Waals surface area contributed by atoms with Gasteiger partial charge in [0, 0.05) is 19.7 Å². The molecule has 0 saturated carbocycles. The molecule has 1 heterocycles. The van der Waals surface area contributed by atoms with E-state index in [4.69, 9.17) is 9.84 Å². The third-order valence-corrected chi connectivity index (χ3v) is 2.47. The summed E-state index contributed by atoms with van der Waals surface area (Å²) in [4.78, 5) is 34.3. The maximum Gasteiger partial charge on any atom is 0.328 e. The van der Waals surface area contributed by atoms with Crippen LogP contribution in [0.3, 0.4) is 0 Å². The zero-order valence-electron chi connectivity index (χ0n) is 11.3. The van der Waals surface area contributed by atoms with Crippen molar-refractivity contribution in [2.75, 3.05) is 13.7 Å². The van der Waals surface area contributed by atoms with Crippen molar-refractivity contribution in [3.8, 4) is 0 Å². The highest BCUT2D eigenvalue weighted by atomic mass is 16.5. The van der Waals surface area contributed by atoms with Crippen molar-refractivity contribution < 1.29 is 19.4 Å². The molecule has 20 heavy (non-hydrogen) atoms. The van der Waals surface area contributed by atoms with Crippen molar-refractivity contribution in [3.63, 3.8) is 0 Å². The van der Waals surface area contributed by atoms with Crippen LogP contribution in [0.4, 0.5) is 0 Å². The standard InChI is InChI=1S/C12H17N3O5/c1-3-6-15-10(16)5-4-8(14-15)11(17)13-9(7-20-2)12(18)19/h4-5,9H,3,6-7H2,1-2H3,(H,13,17)(H,18,19). The van der Waals surface area contributed by atoms with Crippen LogP contribution in [0.2, 0.25) is 0 Å². The number of ether oxygens (including phenoxy) is 1. The number of hydrogen-bond acceptors (Lipinski definition) is 5. The molecule has 0 fully saturated rings. The van der Waals surface area contributed by atoms with Crippen LogP contribution in [0.1, 0.15) is 23.8 Å². The molecule has 2 N–H and O–H groups in total. The Morgan fingerprint density at radius 1 is 1.50 bits per heavy atom. The fourth-order valence-corrected chi connectivity index (χ4v) is 1.52. The van der Waals surface area contributed by atoms with Gasteiger partial charge in [-0.15, -0.1) is 0 Å².